The van der Waals surface area contributed by atoms with Gasteiger partial charge in [0.15, 0.2) is 0 Å². The Labute approximate surface area is 193 Å². The van der Waals surface area contributed by atoms with Crippen LogP contribution in [0.15, 0.2) is 59.6 Å². The zero-order valence-corrected chi connectivity index (χ0v) is 19.6. The van der Waals surface area contributed by atoms with Crippen LogP contribution in [0.4, 0.5) is 10.5 Å². The van der Waals surface area contributed by atoms with Gasteiger partial charge in [0.2, 0.25) is 0 Å². The van der Waals surface area contributed by atoms with Crippen LogP contribution in [0, 0.1) is 18.3 Å². The normalized spacial score (nSPS) is 14.0. The first-order valence-corrected chi connectivity index (χ1v) is 11.7. The predicted molar refractivity (Wildman–Crippen MR) is 130 cm³/mol. The highest BCUT2D eigenvalue weighted by Gasteiger charge is 2.38. The van der Waals surface area contributed by atoms with E-state index >= 15 is 0 Å². The molecular formula is C26H26N4OS. The number of hydrogen-bond donors (Lipinski definition) is 1. The predicted octanol–water partition coefficient (Wildman–Crippen LogP) is 5.66. The third kappa shape index (κ3) is 4.21. The van der Waals surface area contributed by atoms with Crippen LogP contribution in [0.3, 0.4) is 0 Å². The van der Waals surface area contributed by atoms with Gasteiger partial charge in [-0.2, -0.15) is 5.26 Å². The number of carbonyl (C=O) groups excluding carboxylic acids is 1. The second-order valence-corrected chi connectivity index (χ2v) is 9.58. The molecule has 0 atom stereocenters. The fraction of sp³-hybridized carbons (Fsp3) is 0.269. The molecule has 162 valence electrons. The van der Waals surface area contributed by atoms with E-state index in [-0.39, 0.29) is 11.4 Å². The first kappa shape index (κ1) is 21.9. The first-order chi connectivity index (χ1) is 15.3. The number of aryl methyl sites for hydroxylation is 1. The molecule has 3 aromatic rings. The van der Waals surface area contributed by atoms with Crippen molar-refractivity contribution >= 4 is 23.5 Å². The van der Waals surface area contributed by atoms with Crippen molar-refractivity contribution in [1.29, 1.82) is 5.26 Å². The summed E-state index contributed by atoms with van der Waals surface area (Å²) in [5, 5.41) is 12.2. The maximum atomic E-state index is 13.0. The third-order valence-corrected chi connectivity index (χ3v) is 6.68. The Morgan fingerprint density at radius 3 is 2.62 bits per heavy atom. The van der Waals surface area contributed by atoms with Crippen LogP contribution in [0.5, 0.6) is 0 Å². The topological polar surface area (TPSA) is 69.0 Å². The molecular weight excluding hydrogens is 416 g/mol. The van der Waals surface area contributed by atoms with Gasteiger partial charge in [0.05, 0.1) is 29.2 Å². The number of nitrogens with one attached hydrogen (secondary N) is 1. The molecule has 1 aromatic heterocycles. The number of rotatable bonds is 4. The van der Waals surface area contributed by atoms with Crippen LogP contribution in [-0.4, -0.2) is 23.8 Å². The van der Waals surface area contributed by atoms with Crippen LogP contribution < -0.4 is 10.2 Å². The number of nitrogens with zero attached hydrogens (tertiary/aromatic N) is 3. The van der Waals surface area contributed by atoms with E-state index in [0.717, 1.165) is 33.6 Å². The van der Waals surface area contributed by atoms with Gasteiger partial charge < -0.3 is 5.32 Å². The van der Waals surface area contributed by atoms with Crippen LogP contribution in [0.2, 0.25) is 0 Å². The molecule has 1 aliphatic heterocycles. The number of aromatic nitrogens is 1. The van der Waals surface area contributed by atoms with Crippen molar-refractivity contribution in [3.05, 3.63) is 77.0 Å². The summed E-state index contributed by atoms with van der Waals surface area (Å²) in [7, 11) is 0. The van der Waals surface area contributed by atoms with Gasteiger partial charge in [-0.05, 0) is 60.2 Å². The van der Waals surface area contributed by atoms with E-state index in [9.17, 15) is 4.79 Å². The molecule has 6 heteroatoms. The number of benzene rings is 2. The highest BCUT2D eigenvalue weighted by atomic mass is 32.2. The lowest BCUT2D eigenvalue weighted by Crippen LogP contribution is -2.41. The minimum atomic E-state index is -0.190. The fourth-order valence-corrected chi connectivity index (χ4v) is 4.54. The summed E-state index contributed by atoms with van der Waals surface area (Å²) in [5.74, 6) is 0. The van der Waals surface area contributed by atoms with E-state index in [4.69, 9.17) is 5.26 Å². The molecule has 0 unspecified atom stereocenters. The van der Waals surface area contributed by atoms with Crippen LogP contribution in [-0.2, 0) is 12.0 Å². The van der Waals surface area contributed by atoms with E-state index in [2.05, 4.69) is 48.4 Å². The number of anilines is 1. The monoisotopic (exact) mass is 442 g/mol. The van der Waals surface area contributed by atoms with Gasteiger partial charge in [-0.3, -0.25) is 9.88 Å². The molecule has 1 N–H and O–H groups in total. The van der Waals surface area contributed by atoms with Crippen LogP contribution in [0.25, 0.3) is 11.3 Å². The van der Waals surface area contributed by atoms with E-state index in [1.54, 1.807) is 22.9 Å². The molecule has 0 spiro atoms. The molecule has 0 fully saturated rings. The molecule has 2 amide bonds. The lowest BCUT2D eigenvalue weighted by molar-refractivity contribution is 0.245. The number of urea groups is 1. The molecule has 5 nitrogen and oxygen atoms in total. The number of amides is 2. The van der Waals surface area contributed by atoms with Gasteiger partial charge >= 0.3 is 6.03 Å². The maximum Gasteiger partial charge on any atom is 0.322 e. The molecule has 0 radical (unpaired) electrons. The zero-order valence-electron chi connectivity index (χ0n) is 18.8. The lowest BCUT2D eigenvalue weighted by Gasteiger charge is -2.21. The molecule has 0 saturated heterocycles. The summed E-state index contributed by atoms with van der Waals surface area (Å²) in [6.07, 6.45) is 3.84. The number of fused-ring (bicyclic) bond motifs is 1. The summed E-state index contributed by atoms with van der Waals surface area (Å²) in [5.41, 5.74) is 6.33. The van der Waals surface area contributed by atoms with E-state index < -0.39 is 0 Å². The number of thioether (sulfide) groups is 1. The Morgan fingerprint density at radius 2 is 1.97 bits per heavy atom. The van der Waals surface area contributed by atoms with Gasteiger partial charge in [-0.25, -0.2) is 4.79 Å². The average molecular weight is 443 g/mol. The maximum absolute atomic E-state index is 13.0. The van der Waals surface area contributed by atoms with E-state index in [0.29, 0.717) is 18.7 Å². The number of carbonyl (C=O) groups is 1. The number of nitriles is 1. The molecule has 4 rings (SSSR count). The molecule has 1 aliphatic rings. The first-order valence-electron chi connectivity index (χ1n) is 10.5. The Bertz CT molecular complexity index is 1210. The van der Waals surface area contributed by atoms with Crippen molar-refractivity contribution in [3.63, 3.8) is 0 Å². The Hall–Kier alpha value is -3.30. The fourth-order valence-electron chi connectivity index (χ4n) is 4.14. The van der Waals surface area contributed by atoms with Gasteiger partial charge in [-0.15, -0.1) is 11.8 Å². The summed E-state index contributed by atoms with van der Waals surface area (Å²) >= 11 is 1.70. The summed E-state index contributed by atoms with van der Waals surface area (Å²) < 4.78 is 0. The molecule has 2 aromatic carbocycles. The standard InChI is InChI=1S/C26H26N4OS/c1-17-11-19(13-27)7-10-21(17)23-12-22-24(15-28-23)30(16-26(22,2)3)25(31)29-14-18-5-8-20(32-4)9-6-18/h5-12,15H,14,16H2,1-4H3,(H,29,31). The summed E-state index contributed by atoms with van der Waals surface area (Å²) in [6, 6.07) is 18.0. The molecule has 2 heterocycles. The average Bonchev–Trinajstić information content (AvgIpc) is 3.08. The van der Waals surface area contributed by atoms with Crippen molar-refractivity contribution in [1.82, 2.24) is 10.3 Å². The Morgan fingerprint density at radius 1 is 1.22 bits per heavy atom. The smallest absolute Gasteiger partial charge is 0.322 e. The second kappa shape index (κ2) is 8.68. The van der Waals surface area contributed by atoms with Gasteiger partial charge in [-0.1, -0.05) is 32.0 Å². The van der Waals surface area contributed by atoms with Crippen molar-refractivity contribution < 1.29 is 4.79 Å². The van der Waals surface area contributed by atoms with Crippen molar-refractivity contribution in [2.75, 3.05) is 17.7 Å². The largest absolute Gasteiger partial charge is 0.334 e. The molecule has 32 heavy (non-hydrogen) atoms. The zero-order chi connectivity index (χ0) is 22.9. The lowest BCUT2D eigenvalue weighted by atomic mass is 9.86. The third-order valence-electron chi connectivity index (χ3n) is 5.94. The van der Waals surface area contributed by atoms with E-state index in [1.165, 1.54) is 4.90 Å². The minimum absolute atomic E-state index is 0.116. The van der Waals surface area contributed by atoms with Gasteiger partial charge in [0.25, 0.3) is 0 Å². The molecule has 0 saturated carbocycles. The van der Waals surface area contributed by atoms with Crippen molar-refractivity contribution in [2.45, 2.75) is 37.6 Å². The van der Waals surface area contributed by atoms with Crippen LogP contribution >= 0.6 is 11.8 Å². The Kier molecular flexibility index (Phi) is 5.94. The quantitative estimate of drug-likeness (QED) is 0.530. The van der Waals surface area contributed by atoms with Crippen LogP contribution in [0.1, 0.15) is 36.1 Å². The molecule has 0 aliphatic carbocycles. The van der Waals surface area contributed by atoms with Crippen molar-refractivity contribution in [3.8, 4) is 17.3 Å². The highest BCUT2D eigenvalue weighted by Crippen LogP contribution is 2.41. The number of pyridine rings is 1. The van der Waals surface area contributed by atoms with Gasteiger partial charge in [0, 0.05) is 29.0 Å². The second-order valence-electron chi connectivity index (χ2n) is 8.71. The van der Waals surface area contributed by atoms with E-state index in [1.807, 2.05) is 43.5 Å². The van der Waals surface area contributed by atoms with Crippen molar-refractivity contribution in [2.24, 2.45) is 0 Å². The summed E-state index contributed by atoms with van der Waals surface area (Å²) in [6.45, 7) is 7.36. The summed E-state index contributed by atoms with van der Waals surface area (Å²) in [4.78, 5) is 20.7. The SMILES string of the molecule is CSc1ccc(CNC(=O)N2CC(C)(C)c3cc(-c4ccc(C#N)cc4C)ncc32)cc1. The van der Waals surface area contributed by atoms with Gasteiger partial charge in [0.1, 0.15) is 0 Å². The molecule has 0 bridgehead atoms. The number of hydrogen-bond acceptors (Lipinski definition) is 4. The highest BCUT2D eigenvalue weighted by molar-refractivity contribution is 7.98. The minimum Gasteiger partial charge on any atom is -0.334 e. The Balaban J connectivity index is 1.56.